The first-order valence-electron chi connectivity index (χ1n) is 7.88. The minimum atomic E-state index is -3.22. The van der Waals surface area contributed by atoms with E-state index >= 15 is 0 Å². The van der Waals surface area contributed by atoms with Crippen LogP contribution in [0.2, 0.25) is 0 Å². The fraction of sp³-hybridized carbons (Fsp3) is 0.929. The van der Waals surface area contributed by atoms with E-state index in [-0.39, 0.29) is 18.1 Å². The first-order valence-corrected chi connectivity index (χ1v) is 9.77. The van der Waals surface area contributed by atoms with Gasteiger partial charge in [0.1, 0.15) is 0 Å². The van der Waals surface area contributed by atoms with Crippen molar-refractivity contribution in [1.82, 2.24) is 14.9 Å². The molecule has 0 radical (unpaired) electrons. The van der Waals surface area contributed by atoms with Gasteiger partial charge in [0.15, 0.2) is 0 Å². The molecule has 0 aromatic heterocycles. The highest BCUT2D eigenvalue weighted by Gasteiger charge is 2.28. The molecule has 0 bridgehead atoms. The summed E-state index contributed by atoms with van der Waals surface area (Å²) < 4.78 is 25.2. The summed E-state index contributed by atoms with van der Waals surface area (Å²) in [7, 11) is -3.22. The number of carbonyl (C=O) groups excluding carboxylic acids is 1. The Hall–Kier alpha value is -0.820. The quantitative estimate of drug-likeness (QED) is 0.823. The van der Waals surface area contributed by atoms with Crippen LogP contribution in [0.25, 0.3) is 0 Å². The lowest BCUT2D eigenvalue weighted by molar-refractivity contribution is 0.165. The molecule has 7 heteroatoms. The second-order valence-corrected chi connectivity index (χ2v) is 8.27. The highest BCUT2D eigenvalue weighted by molar-refractivity contribution is 7.88. The molecule has 2 amide bonds. The van der Waals surface area contributed by atoms with Gasteiger partial charge in [0, 0.05) is 25.2 Å². The number of hydrogen-bond donors (Lipinski definition) is 2. The largest absolute Gasteiger partial charge is 0.335 e. The Morgan fingerprint density at radius 3 is 2.52 bits per heavy atom. The second-order valence-electron chi connectivity index (χ2n) is 6.49. The first kappa shape index (κ1) is 16.5. The summed E-state index contributed by atoms with van der Waals surface area (Å²) in [5.41, 5.74) is 0. The average Bonchev–Trinajstić information content (AvgIpc) is 2.39. The van der Waals surface area contributed by atoms with E-state index in [2.05, 4.69) is 17.0 Å². The molecular formula is C14H27N3O3S. The number of piperidine rings is 1. The molecule has 122 valence electrons. The molecule has 3 unspecified atom stereocenters. The van der Waals surface area contributed by atoms with Gasteiger partial charge >= 0.3 is 6.03 Å². The van der Waals surface area contributed by atoms with Gasteiger partial charge in [-0.15, -0.1) is 0 Å². The molecule has 3 atom stereocenters. The fourth-order valence-corrected chi connectivity index (χ4v) is 4.14. The van der Waals surface area contributed by atoms with Crippen LogP contribution < -0.4 is 10.0 Å². The minimum Gasteiger partial charge on any atom is -0.335 e. The van der Waals surface area contributed by atoms with Gasteiger partial charge in [-0.25, -0.2) is 17.9 Å². The Labute approximate surface area is 127 Å². The maximum atomic E-state index is 12.4. The van der Waals surface area contributed by atoms with Gasteiger partial charge in [0.2, 0.25) is 10.0 Å². The van der Waals surface area contributed by atoms with Crippen molar-refractivity contribution in [3.8, 4) is 0 Å². The third kappa shape index (κ3) is 5.14. The van der Waals surface area contributed by atoms with Crippen LogP contribution in [0.4, 0.5) is 4.79 Å². The van der Waals surface area contributed by atoms with E-state index in [4.69, 9.17) is 0 Å². The van der Waals surface area contributed by atoms with Crippen LogP contribution in [0.5, 0.6) is 0 Å². The van der Waals surface area contributed by atoms with E-state index in [1.165, 1.54) is 19.3 Å². The highest BCUT2D eigenvalue weighted by atomic mass is 32.2. The molecule has 2 N–H and O–H groups in total. The normalized spacial score (nSPS) is 31.0. The first-order chi connectivity index (χ1) is 9.85. The van der Waals surface area contributed by atoms with Gasteiger partial charge in [0.25, 0.3) is 0 Å². The molecule has 2 aliphatic rings. The zero-order valence-electron chi connectivity index (χ0n) is 13.0. The number of hydrogen-bond acceptors (Lipinski definition) is 3. The highest BCUT2D eigenvalue weighted by Crippen LogP contribution is 2.24. The number of nitrogens with one attached hydrogen (secondary N) is 2. The summed E-state index contributed by atoms with van der Waals surface area (Å²) >= 11 is 0. The lowest BCUT2D eigenvalue weighted by Gasteiger charge is -2.36. The summed E-state index contributed by atoms with van der Waals surface area (Å²) in [6.07, 6.45) is 7.42. The summed E-state index contributed by atoms with van der Waals surface area (Å²) in [6, 6.07) is 0.0477. The van der Waals surface area contributed by atoms with E-state index in [0.29, 0.717) is 19.0 Å². The Balaban J connectivity index is 1.86. The van der Waals surface area contributed by atoms with E-state index in [0.717, 1.165) is 25.5 Å². The second kappa shape index (κ2) is 6.96. The third-order valence-corrected chi connectivity index (χ3v) is 5.27. The van der Waals surface area contributed by atoms with Crippen LogP contribution in [0.15, 0.2) is 0 Å². The minimum absolute atomic E-state index is 0.0475. The summed E-state index contributed by atoms with van der Waals surface area (Å²) in [5.74, 6) is 0.525. The molecule has 6 nitrogen and oxygen atoms in total. The van der Waals surface area contributed by atoms with E-state index in [1.807, 2.05) is 0 Å². The van der Waals surface area contributed by atoms with Crippen molar-refractivity contribution in [2.45, 2.75) is 57.5 Å². The van der Waals surface area contributed by atoms with Crippen molar-refractivity contribution in [3.63, 3.8) is 0 Å². The van der Waals surface area contributed by atoms with Gasteiger partial charge in [0.05, 0.1) is 6.26 Å². The number of rotatable bonds is 3. The molecule has 2 rings (SSSR count). The van der Waals surface area contributed by atoms with Crippen molar-refractivity contribution >= 4 is 16.1 Å². The van der Waals surface area contributed by atoms with Crippen LogP contribution in [0, 0.1) is 5.92 Å². The topological polar surface area (TPSA) is 78.5 Å². The van der Waals surface area contributed by atoms with Crippen molar-refractivity contribution in [2.24, 2.45) is 5.92 Å². The maximum Gasteiger partial charge on any atom is 0.317 e. The summed E-state index contributed by atoms with van der Waals surface area (Å²) in [4.78, 5) is 14.1. The Morgan fingerprint density at radius 1 is 1.14 bits per heavy atom. The lowest BCUT2D eigenvalue weighted by Crippen LogP contribution is -2.54. The number of urea groups is 1. The van der Waals surface area contributed by atoms with Gasteiger partial charge in [-0.2, -0.15) is 0 Å². The summed E-state index contributed by atoms with van der Waals surface area (Å²) in [6.45, 7) is 3.35. The van der Waals surface area contributed by atoms with Crippen LogP contribution in [0.1, 0.15) is 45.4 Å². The Kier molecular flexibility index (Phi) is 5.48. The van der Waals surface area contributed by atoms with Crippen LogP contribution in [0.3, 0.4) is 0 Å². The molecule has 0 aromatic carbocycles. The Morgan fingerprint density at radius 2 is 1.86 bits per heavy atom. The molecule has 0 aromatic rings. The Bertz CT molecular complexity index is 466. The molecular weight excluding hydrogens is 290 g/mol. The number of carbonyl (C=O) groups is 1. The van der Waals surface area contributed by atoms with Gasteiger partial charge in [-0.1, -0.05) is 19.8 Å². The lowest BCUT2D eigenvalue weighted by atomic mass is 9.86. The summed E-state index contributed by atoms with van der Waals surface area (Å²) in [5, 5.41) is 3.13. The smallest absolute Gasteiger partial charge is 0.317 e. The van der Waals surface area contributed by atoms with E-state index in [9.17, 15) is 13.2 Å². The standard InChI is InChI=1S/C14H27N3O3S/c1-11-6-3-4-8-13(11)15-14(18)17-9-5-7-12(10-17)16-21(2,19)20/h11-13,16H,3-10H2,1-2H3,(H,15,18). The van der Waals surface area contributed by atoms with Crippen molar-refractivity contribution in [2.75, 3.05) is 19.3 Å². The monoisotopic (exact) mass is 317 g/mol. The molecule has 1 aliphatic carbocycles. The average molecular weight is 317 g/mol. The van der Waals surface area contributed by atoms with E-state index < -0.39 is 10.0 Å². The molecule has 0 spiro atoms. The SMILES string of the molecule is CC1CCCCC1NC(=O)N1CCCC(NS(C)(=O)=O)C1. The van der Waals surface area contributed by atoms with Crippen molar-refractivity contribution < 1.29 is 13.2 Å². The van der Waals surface area contributed by atoms with Gasteiger partial charge in [-0.3, -0.25) is 0 Å². The molecule has 21 heavy (non-hydrogen) atoms. The maximum absolute atomic E-state index is 12.4. The van der Waals surface area contributed by atoms with Crippen molar-refractivity contribution in [1.29, 1.82) is 0 Å². The molecule has 1 aliphatic heterocycles. The molecule has 1 saturated carbocycles. The number of sulfonamides is 1. The van der Waals surface area contributed by atoms with Gasteiger partial charge < -0.3 is 10.2 Å². The van der Waals surface area contributed by atoms with Crippen LogP contribution in [-0.4, -0.2) is 50.8 Å². The number of nitrogens with zero attached hydrogens (tertiary/aromatic N) is 1. The predicted octanol–water partition coefficient (Wildman–Crippen LogP) is 1.29. The predicted molar refractivity (Wildman–Crippen MR) is 82.5 cm³/mol. The van der Waals surface area contributed by atoms with Crippen molar-refractivity contribution in [3.05, 3.63) is 0 Å². The molecule has 2 fully saturated rings. The number of amides is 2. The van der Waals surface area contributed by atoms with E-state index in [1.54, 1.807) is 4.90 Å². The fourth-order valence-electron chi connectivity index (χ4n) is 3.34. The van der Waals surface area contributed by atoms with Crippen LogP contribution >= 0.6 is 0 Å². The van der Waals surface area contributed by atoms with Gasteiger partial charge in [-0.05, 0) is 31.6 Å². The van der Waals surface area contributed by atoms with Crippen LogP contribution in [-0.2, 0) is 10.0 Å². The zero-order chi connectivity index (χ0) is 15.5. The number of likely N-dealkylation sites (tertiary alicyclic amines) is 1. The third-order valence-electron chi connectivity index (χ3n) is 4.51. The molecule has 1 saturated heterocycles. The molecule has 1 heterocycles. The zero-order valence-corrected chi connectivity index (χ0v) is 13.8.